The summed E-state index contributed by atoms with van der Waals surface area (Å²) in [6.45, 7) is 5.24. The summed E-state index contributed by atoms with van der Waals surface area (Å²) in [5.74, 6) is -0.743. The van der Waals surface area contributed by atoms with Crippen molar-refractivity contribution in [3.05, 3.63) is 82.7 Å². The van der Waals surface area contributed by atoms with Crippen LogP contribution in [-0.4, -0.2) is 17.0 Å². The van der Waals surface area contributed by atoms with Crippen molar-refractivity contribution in [1.82, 2.24) is 5.16 Å². The highest BCUT2D eigenvalue weighted by atomic mass is 16.6. The molecule has 0 saturated heterocycles. The lowest BCUT2D eigenvalue weighted by atomic mass is 10.1. The lowest BCUT2D eigenvalue weighted by Gasteiger charge is -2.18. The van der Waals surface area contributed by atoms with Gasteiger partial charge >= 0.3 is 5.97 Å². The molecule has 3 aromatic rings. The number of benzene rings is 2. The van der Waals surface area contributed by atoms with Crippen molar-refractivity contribution in [2.75, 3.05) is 5.32 Å². The van der Waals surface area contributed by atoms with Gasteiger partial charge in [-0.15, -0.1) is 0 Å². The molecule has 1 aromatic heterocycles. The third-order valence-corrected chi connectivity index (χ3v) is 4.12. The monoisotopic (exact) mass is 364 g/mol. The maximum Gasteiger partial charge on any atom is 0.344 e. The number of aryl methyl sites for hydroxylation is 3. The Labute approximate surface area is 157 Å². The molecule has 0 aliphatic rings. The molecule has 0 aliphatic heterocycles. The smallest absolute Gasteiger partial charge is 0.344 e. The second-order valence-electron chi connectivity index (χ2n) is 6.25. The number of aromatic nitrogens is 1. The number of nitrogens with zero attached hydrogens (tertiary/aromatic N) is 1. The fourth-order valence-corrected chi connectivity index (χ4v) is 2.69. The number of hydrogen-bond donors (Lipinski definition) is 1. The number of rotatable bonds is 5. The number of hydrogen-bond acceptors (Lipinski definition) is 5. The third kappa shape index (κ3) is 4.23. The van der Waals surface area contributed by atoms with Gasteiger partial charge in [-0.2, -0.15) is 0 Å². The van der Waals surface area contributed by atoms with Crippen molar-refractivity contribution in [3.63, 3.8) is 0 Å². The van der Waals surface area contributed by atoms with Crippen LogP contribution in [0.4, 0.5) is 5.69 Å². The predicted molar refractivity (Wildman–Crippen MR) is 100 cm³/mol. The Hall–Kier alpha value is -3.41. The van der Waals surface area contributed by atoms with Crippen molar-refractivity contribution in [1.29, 1.82) is 0 Å². The highest BCUT2D eigenvalue weighted by Crippen LogP contribution is 2.23. The molecular formula is C21H20N2O4. The molecule has 138 valence electrons. The molecule has 3 rings (SSSR count). The van der Waals surface area contributed by atoms with Gasteiger partial charge in [0.1, 0.15) is 11.3 Å². The Bertz CT molecular complexity index is 927. The van der Waals surface area contributed by atoms with Crippen LogP contribution in [0.2, 0.25) is 0 Å². The van der Waals surface area contributed by atoms with E-state index in [2.05, 4.69) is 10.5 Å². The Balaban J connectivity index is 1.86. The summed E-state index contributed by atoms with van der Waals surface area (Å²) in [6.07, 6.45) is -1.10. The Morgan fingerprint density at radius 3 is 2.26 bits per heavy atom. The molecule has 0 radical (unpaired) electrons. The van der Waals surface area contributed by atoms with Crippen molar-refractivity contribution in [2.24, 2.45) is 0 Å². The minimum atomic E-state index is -1.10. The average molecular weight is 364 g/mol. The zero-order chi connectivity index (χ0) is 19.4. The first kappa shape index (κ1) is 18.4. The van der Waals surface area contributed by atoms with Gasteiger partial charge in [0.05, 0.1) is 5.69 Å². The summed E-state index contributed by atoms with van der Waals surface area (Å²) in [6, 6.07) is 16.2. The lowest BCUT2D eigenvalue weighted by molar-refractivity contribution is -0.125. The van der Waals surface area contributed by atoms with Crippen LogP contribution in [0.5, 0.6) is 0 Å². The normalized spacial score (nSPS) is 11.7. The van der Waals surface area contributed by atoms with E-state index >= 15 is 0 Å². The summed E-state index contributed by atoms with van der Waals surface area (Å²) in [4.78, 5) is 25.5. The van der Waals surface area contributed by atoms with Gasteiger partial charge in [-0.05, 0) is 32.9 Å². The molecule has 1 heterocycles. The first-order chi connectivity index (χ1) is 13.0. The Kier molecular flexibility index (Phi) is 5.35. The number of carbonyl (C=O) groups is 2. The first-order valence-electron chi connectivity index (χ1n) is 8.52. The van der Waals surface area contributed by atoms with Crippen LogP contribution in [0.25, 0.3) is 0 Å². The van der Waals surface area contributed by atoms with E-state index in [0.717, 1.165) is 5.56 Å². The molecule has 1 N–H and O–H groups in total. The summed E-state index contributed by atoms with van der Waals surface area (Å²) in [5.41, 5.74) is 2.93. The highest BCUT2D eigenvalue weighted by molar-refractivity contribution is 5.98. The second kappa shape index (κ2) is 7.86. The fourth-order valence-electron chi connectivity index (χ4n) is 2.69. The van der Waals surface area contributed by atoms with Crippen LogP contribution in [0.15, 0.2) is 59.1 Å². The van der Waals surface area contributed by atoms with E-state index in [9.17, 15) is 9.59 Å². The van der Waals surface area contributed by atoms with E-state index in [0.29, 0.717) is 22.7 Å². The molecule has 0 aliphatic carbocycles. The number of carbonyl (C=O) groups excluding carboxylic acids is 2. The maximum atomic E-state index is 12.8. The number of ether oxygens (including phenoxy) is 1. The first-order valence-corrected chi connectivity index (χ1v) is 8.52. The fraction of sp³-hybridized carbons (Fsp3) is 0.190. The van der Waals surface area contributed by atoms with Crippen LogP contribution in [-0.2, 0) is 9.53 Å². The molecule has 0 bridgehead atoms. The van der Waals surface area contributed by atoms with Crippen molar-refractivity contribution < 1.29 is 18.8 Å². The molecule has 0 unspecified atom stereocenters. The number of esters is 1. The highest BCUT2D eigenvalue weighted by Gasteiger charge is 2.28. The molecular weight excluding hydrogens is 344 g/mol. The van der Waals surface area contributed by atoms with Crippen molar-refractivity contribution in [2.45, 2.75) is 26.9 Å². The second-order valence-corrected chi connectivity index (χ2v) is 6.25. The summed E-state index contributed by atoms with van der Waals surface area (Å²) >= 11 is 0. The lowest BCUT2D eigenvalue weighted by Crippen LogP contribution is -2.26. The van der Waals surface area contributed by atoms with Gasteiger partial charge < -0.3 is 14.6 Å². The SMILES string of the molecule is Cc1ccc(NC(=O)[C@@H](OC(=O)c2c(C)noc2C)c2ccccc2)cc1. The zero-order valence-corrected chi connectivity index (χ0v) is 15.4. The molecule has 6 heteroatoms. The van der Waals surface area contributed by atoms with Gasteiger partial charge in [-0.1, -0.05) is 53.2 Å². The van der Waals surface area contributed by atoms with E-state index in [4.69, 9.17) is 9.26 Å². The van der Waals surface area contributed by atoms with E-state index in [1.54, 1.807) is 50.2 Å². The molecule has 1 atom stereocenters. The van der Waals surface area contributed by atoms with Gasteiger partial charge in [0, 0.05) is 11.3 Å². The number of anilines is 1. The predicted octanol–water partition coefficient (Wildman–Crippen LogP) is 4.14. The quantitative estimate of drug-likeness (QED) is 0.688. The van der Waals surface area contributed by atoms with Gasteiger partial charge in [0.2, 0.25) is 6.10 Å². The van der Waals surface area contributed by atoms with E-state index in [1.807, 2.05) is 25.1 Å². The minimum absolute atomic E-state index is 0.235. The van der Waals surface area contributed by atoms with Crippen molar-refractivity contribution >= 4 is 17.6 Å². The van der Waals surface area contributed by atoms with E-state index in [-0.39, 0.29) is 5.56 Å². The van der Waals surface area contributed by atoms with Crippen LogP contribution < -0.4 is 5.32 Å². The largest absolute Gasteiger partial charge is 0.444 e. The topological polar surface area (TPSA) is 81.4 Å². The van der Waals surface area contributed by atoms with Crippen LogP contribution in [0, 0.1) is 20.8 Å². The summed E-state index contributed by atoms with van der Waals surface area (Å²) in [7, 11) is 0. The van der Waals surface area contributed by atoms with Crippen molar-refractivity contribution in [3.8, 4) is 0 Å². The van der Waals surface area contributed by atoms with E-state index in [1.165, 1.54) is 0 Å². The minimum Gasteiger partial charge on any atom is -0.444 e. The van der Waals surface area contributed by atoms with Crippen LogP contribution in [0.3, 0.4) is 0 Å². The molecule has 1 amide bonds. The molecule has 0 spiro atoms. The van der Waals surface area contributed by atoms with Crippen LogP contribution in [0.1, 0.15) is 39.0 Å². The zero-order valence-electron chi connectivity index (χ0n) is 15.4. The molecule has 2 aromatic carbocycles. The summed E-state index contributed by atoms with van der Waals surface area (Å²) in [5, 5.41) is 6.55. The van der Waals surface area contributed by atoms with E-state index < -0.39 is 18.0 Å². The van der Waals surface area contributed by atoms with Gasteiger partial charge in [-0.3, -0.25) is 4.79 Å². The number of nitrogens with one attached hydrogen (secondary N) is 1. The average Bonchev–Trinajstić information content (AvgIpc) is 3.00. The Morgan fingerprint density at radius 2 is 1.67 bits per heavy atom. The Morgan fingerprint density at radius 1 is 1.00 bits per heavy atom. The third-order valence-electron chi connectivity index (χ3n) is 4.12. The maximum absolute atomic E-state index is 12.8. The van der Waals surface area contributed by atoms with Gasteiger partial charge in [-0.25, -0.2) is 4.79 Å². The number of amides is 1. The molecule has 0 fully saturated rings. The van der Waals surface area contributed by atoms with Gasteiger partial charge in [0.25, 0.3) is 5.91 Å². The molecule has 0 saturated carbocycles. The van der Waals surface area contributed by atoms with Gasteiger partial charge in [0.15, 0.2) is 0 Å². The standard InChI is InChI=1S/C21H20N2O4/c1-13-9-11-17(12-10-13)22-20(24)19(16-7-5-4-6-8-16)26-21(25)18-14(2)23-27-15(18)3/h4-12,19H,1-3H3,(H,22,24)/t19-/m0/s1. The van der Waals surface area contributed by atoms with Crippen LogP contribution >= 0.6 is 0 Å². The summed E-state index contributed by atoms with van der Waals surface area (Å²) < 4.78 is 10.6. The molecule has 6 nitrogen and oxygen atoms in total. The molecule has 27 heavy (non-hydrogen) atoms.